The predicted molar refractivity (Wildman–Crippen MR) is 82.9 cm³/mol. The van der Waals surface area contributed by atoms with Gasteiger partial charge in [-0.05, 0) is 30.7 Å². The van der Waals surface area contributed by atoms with Gasteiger partial charge in [0.1, 0.15) is 5.75 Å². The first-order valence-corrected chi connectivity index (χ1v) is 7.67. The zero-order valence-electron chi connectivity index (χ0n) is 12.6. The molecule has 2 aliphatic heterocycles. The molecule has 1 N–H and O–H groups in total. The van der Waals surface area contributed by atoms with Crippen LogP contribution in [0.25, 0.3) is 0 Å². The highest BCUT2D eigenvalue weighted by Gasteiger charge is 2.29. The van der Waals surface area contributed by atoms with E-state index < -0.39 is 0 Å². The first kappa shape index (κ1) is 13.7. The lowest BCUT2D eigenvalue weighted by Crippen LogP contribution is -2.45. The van der Waals surface area contributed by atoms with Crippen LogP contribution in [0.4, 0.5) is 5.69 Å². The van der Waals surface area contributed by atoms with Crippen LogP contribution < -0.4 is 15.0 Å². The third kappa shape index (κ3) is 2.63. The maximum absolute atomic E-state index is 5.40. The van der Waals surface area contributed by atoms with Gasteiger partial charge in [-0.25, -0.2) is 0 Å². The third-order valence-electron chi connectivity index (χ3n) is 4.53. The van der Waals surface area contributed by atoms with Crippen LogP contribution in [0, 0.1) is 0 Å². The normalized spacial score (nSPS) is 22.9. The molecule has 20 heavy (non-hydrogen) atoms. The SMILES string of the molecule is CCN1CC(CN2CCNCC2)c2cc(OC)ccc21. The largest absolute Gasteiger partial charge is 0.497 e. The summed E-state index contributed by atoms with van der Waals surface area (Å²) in [6.45, 7) is 10.2. The Bertz CT molecular complexity index is 457. The van der Waals surface area contributed by atoms with Gasteiger partial charge >= 0.3 is 0 Å². The number of ether oxygens (including phenoxy) is 1. The monoisotopic (exact) mass is 275 g/mol. The van der Waals surface area contributed by atoms with Crippen LogP contribution in [-0.2, 0) is 0 Å². The van der Waals surface area contributed by atoms with Gasteiger partial charge in [0.05, 0.1) is 7.11 Å². The van der Waals surface area contributed by atoms with E-state index in [0.717, 1.165) is 31.9 Å². The van der Waals surface area contributed by atoms with Gasteiger partial charge < -0.3 is 19.9 Å². The fourth-order valence-electron chi connectivity index (χ4n) is 3.40. The minimum Gasteiger partial charge on any atom is -0.497 e. The van der Waals surface area contributed by atoms with Crippen molar-refractivity contribution in [3.63, 3.8) is 0 Å². The van der Waals surface area contributed by atoms with Crippen LogP contribution in [-0.4, -0.2) is 57.8 Å². The van der Waals surface area contributed by atoms with E-state index in [1.54, 1.807) is 7.11 Å². The molecule has 4 nitrogen and oxygen atoms in total. The van der Waals surface area contributed by atoms with Crippen molar-refractivity contribution in [1.29, 1.82) is 0 Å². The molecule has 1 fully saturated rings. The summed E-state index contributed by atoms with van der Waals surface area (Å²) in [7, 11) is 1.75. The second-order valence-corrected chi connectivity index (χ2v) is 5.71. The van der Waals surface area contributed by atoms with Gasteiger partial charge in [-0.3, -0.25) is 0 Å². The number of hydrogen-bond donors (Lipinski definition) is 1. The topological polar surface area (TPSA) is 27.7 Å². The summed E-state index contributed by atoms with van der Waals surface area (Å²) in [6.07, 6.45) is 0. The van der Waals surface area contributed by atoms with Gasteiger partial charge in [0.15, 0.2) is 0 Å². The van der Waals surface area contributed by atoms with Crippen molar-refractivity contribution in [1.82, 2.24) is 10.2 Å². The number of nitrogens with one attached hydrogen (secondary N) is 1. The first-order chi connectivity index (χ1) is 9.81. The standard InChI is InChI=1S/C16H25N3O/c1-3-19-12-13(11-18-8-6-17-7-9-18)15-10-14(20-2)4-5-16(15)19/h4-5,10,13,17H,3,6-9,11-12H2,1-2H3. The highest BCUT2D eigenvalue weighted by Crippen LogP contribution is 2.38. The molecule has 1 atom stereocenters. The molecule has 0 amide bonds. The molecule has 1 unspecified atom stereocenters. The second-order valence-electron chi connectivity index (χ2n) is 5.71. The van der Waals surface area contributed by atoms with Crippen molar-refractivity contribution in [2.75, 3.05) is 57.8 Å². The fourth-order valence-corrected chi connectivity index (χ4v) is 3.40. The highest BCUT2D eigenvalue weighted by atomic mass is 16.5. The number of anilines is 1. The van der Waals surface area contributed by atoms with E-state index >= 15 is 0 Å². The van der Waals surface area contributed by atoms with E-state index in [1.165, 1.54) is 30.9 Å². The van der Waals surface area contributed by atoms with Crippen molar-refractivity contribution >= 4 is 5.69 Å². The molecule has 4 heteroatoms. The summed E-state index contributed by atoms with van der Waals surface area (Å²) < 4.78 is 5.40. The Balaban J connectivity index is 1.79. The summed E-state index contributed by atoms with van der Waals surface area (Å²) in [5.41, 5.74) is 2.86. The van der Waals surface area contributed by atoms with Gasteiger partial charge in [-0.15, -0.1) is 0 Å². The molecule has 110 valence electrons. The lowest BCUT2D eigenvalue weighted by Gasteiger charge is -2.29. The molecule has 0 saturated carbocycles. The number of nitrogens with zero attached hydrogens (tertiary/aromatic N) is 2. The Morgan fingerprint density at radius 2 is 2.10 bits per heavy atom. The smallest absolute Gasteiger partial charge is 0.119 e. The van der Waals surface area contributed by atoms with Crippen LogP contribution in [0.5, 0.6) is 5.75 Å². The zero-order valence-corrected chi connectivity index (χ0v) is 12.6. The van der Waals surface area contributed by atoms with Crippen molar-refractivity contribution in [2.45, 2.75) is 12.8 Å². The van der Waals surface area contributed by atoms with Crippen molar-refractivity contribution in [3.8, 4) is 5.75 Å². The molecule has 3 rings (SSSR count). The van der Waals surface area contributed by atoms with Gasteiger partial charge in [0.2, 0.25) is 0 Å². The number of hydrogen-bond acceptors (Lipinski definition) is 4. The van der Waals surface area contributed by atoms with Crippen LogP contribution in [0.1, 0.15) is 18.4 Å². The van der Waals surface area contributed by atoms with Gasteiger partial charge in [-0.1, -0.05) is 0 Å². The summed E-state index contributed by atoms with van der Waals surface area (Å²) >= 11 is 0. The number of benzene rings is 1. The van der Waals surface area contributed by atoms with Crippen LogP contribution >= 0.6 is 0 Å². The Morgan fingerprint density at radius 1 is 1.30 bits per heavy atom. The van der Waals surface area contributed by atoms with Gasteiger partial charge in [0.25, 0.3) is 0 Å². The average Bonchev–Trinajstić information content (AvgIpc) is 2.85. The highest BCUT2D eigenvalue weighted by molar-refractivity contribution is 5.62. The maximum Gasteiger partial charge on any atom is 0.119 e. The molecule has 1 saturated heterocycles. The molecule has 0 aromatic heterocycles. The van der Waals surface area contributed by atoms with Gasteiger partial charge in [-0.2, -0.15) is 0 Å². The number of likely N-dealkylation sites (N-methyl/N-ethyl adjacent to an activating group) is 1. The Morgan fingerprint density at radius 3 is 2.80 bits per heavy atom. The molecule has 2 heterocycles. The maximum atomic E-state index is 5.40. The molecular weight excluding hydrogens is 250 g/mol. The Hall–Kier alpha value is -1.26. The lowest BCUT2D eigenvalue weighted by molar-refractivity contribution is 0.229. The number of piperazine rings is 1. The molecule has 0 bridgehead atoms. The minimum absolute atomic E-state index is 0.609. The van der Waals surface area contributed by atoms with E-state index in [9.17, 15) is 0 Å². The average molecular weight is 275 g/mol. The van der Waals surface area contributed by atoms with E-state index in [1.807, 2.05) is 0 Å². The summed E-state index contributed by atoms with van der Waals surface area (Å²) in [6, 6.07) is 6.53. The summed E-state index contributed by atoms with van der Waals surface area (Å²) in [5.74, 6) is 1.59. The molecule has 0 radical (unpaired) electrons. The minimum atomic E-state index is 0.609. The quantitative estimate of drug-likeness (QED) is 0.902. The van der Waals surface area contributed by atoms with Crippen LogP contribution in [0.2, 0.25) is 0 Å². The molecule has 0 spiro atoms. The molecular formula is C16H25N3O. The van der Waals surface area contributed by atoms with Gasteiger partial charge in [0, 0.05) is 57.4 Å². The van der Waals surface area contributed by atoms with Crippen LogP contribution in [0.3, 0.4) is 0 Å². The third-order valence-corrected chi connectivity index (χ3v) is 4.53. The lowest BCUT2D eigenvalue weighted by atomic mass is 10.00. The Labute approximate surface area is 121 Å². The van der Waals surface area contributed by atoms with Crippen molar-refractivity contribution < 1.29 is 4.74 Å². The molecule has 2 aliphatic rings. The molecule has 1 aromatic rings. The number of methoxy groups -OCH3 is 1. The molecule has 1 aromatic carbocycles. The second kappa shape index (κ2) is 6.02. The first-order valence-electron chi connectivity index (χ1n) is 7.67. The Kier molecular flexibility index (Phi) is 4.13. The van der Waals surface area contributed by atoms with Crippen LogP contribution in [0.15, 0.2) is 18.2 Å². The zero-order chi connectivity index (χ0) is 13.9. The van der Waals surface area contributed by atoms with Crippen molar-refractivity contribution in [3.05, 3.63) is 23.8 Å². The summed E-state index contributed by atoms with van der Waals surface area (Å²) in [4.78, 5) is 5.07. The van der Waals surface area contributed by atoms with E-state index in [-0.39, 0.29) is 0 Å². The fraction of sp³-hybridized carbons (Fsp3) is 0.625. The number of fused-ring (bicyclic) bond motifs is 1. The summed E-state index contributed by atoms with van der Waals surface area (Å²) in [5, 5.41) is 3.42. The van der Waals surface area contributed by atoms with E-state index in [0.29, 0.717) is 5.92 Å². The number of rotatable bonds is 4. The predicted octanol–water partition coefficient (Wildman–Crippen LogP) is 1.52. The molecule has 0 aliphatic carbocycles. The van der Waals surface area contributed by atoms with Crippen molar-refractivity contribution in [2.24, 2.45) is 0 Å². The van der Waals surface area contributed by atoms with E-state index in [4.69, 9.17) is 4.74 Å². The van der Waals surface area contributed by atoms with E-state index in [2.05, 4.69) is 40.2 Å².